The molecule has 2 aliphatic rings. The van der Waals surface area contributed by atoms with Gasteiger partial charge in [-0.15, -0.1) is 0 Å². The molecule has 15 heavy (non-hydrogen) atoms. The van der Waals surface area contributed by atoms with E-state index >= 15 is 0 Å². The largest absolute Gasteiger partial charge is 0.372 e. The van der Waals surface area contributed by atoms with Crippen LogP contribution in [0.4, 0.5) is 0 Å². The highest BCUT2D eigenvalue weighted by atomic mass is 16.5. The minimum Gasteiger partial charge on any atom is -0.372 e. The van der Waals surface area contributed by atoms with Crippen LogP contribution in [0.2, 0.25) is 0 Å². The molecule has 0 aromatic carbocycles. The van der Waals surface area contributed by atoms with E-state index < -0.39 is 0 Å². The van der Waals surface area contributed by atoms with Crippen LogP contribution in [0.25, 0.3) is 0 Å². The Morgan fingerprint density at radius 3 is 2.40 bits per heavy atom. The van der Waals surface area contributed by atoms with Crippen molar-refractivity contribution in [1.82, 2.24) is 9.80 Å². The second kappa shape index (κ2) is 4.40. The molecule has 0 aromatic rings. The summed E-state index contributed by atoms with van der Waals surface area (Å²) >= 11 is 0. The van der Waals surface area contributed by atoms with Crippen LogP contribution in [0.3, 0.4) is 0 Å². The second-order valence-corrected chi connectivity index (χ2v) is 5.40. The van der Waals surface area contributed by atoms with Crippen molar-refractivity contribution < 1.29 is 4.74 Å². The summed E-state index contributed by atoms with van der Waals surface area (Å²) in [5.74, 6) is 0. The van der Waals surface area contributed by atoms with Gasteiger partial charge in [-0.3, -0.25) is 4.90 Å². The van der Waals surface area contributed by atoms with E-state index in [9.17, 15) is 0 Å². The highest BCUT2D eigenvalue weighted by Crippen LogP contribution is 2.30. The number of ether oxygens (including phenoxy) is 1. The zero-order valence-corrected chi connectivity index (χ0v) is 10.3. The van der Waals surface area contributed by atoms with Gasteiger partial charge in [0.25, 0.3) is 0 Å². The Hall–Kier alpha value is -0.120. The number of rotatable bonds is 1. The van der Waals surface area contributed by atoms with Gasteiger partial charge < -0.3 is 9.64 Å². The fourth-order valence-electron chi connectivity index (χ4n) is 2.64. The molecule has 2 heterocycles. The Kier molecular flexibility index (Phi) is 3.33. The van der Waals surface area contributed by atoms with E-state index in [1.54, 1.807) is 0 Å². The number of nitrogens with zero attached hydrogens (tertiary/aromatic N) is 2. The molecule has 3 heteroatoms. The van der Waals surface area contributed by atoms with Crippen LogP contribution < -0.4 is 0 Å². The van der Waals surface area contributed by atoms with Crippen molar-refractivity contribution in [2.24, 2.45) is 0 Å². The van der Waals surface area contributed by atoms with Crippen LogP contribution in [0.15, 0.2) is 0 Å². The zero-order valence-electron chi connectivity index (χ0n) is 10.3. The summed E-state index contributed by atoms with van der Waals surface area (Å²) in [5.41, 5.74) is 0.176. The molecule has 0 unspecified atom stereocenters. The Morgan fingerprint density at radius 2 is 1.80 bits per heavy atom. The van der Waals surface area contributed by atoms with Crippen LogP contribution in [-0.4, -0.2) is 61.3 Å². The third-order valence-electron chi connectivity index (χ3n) is 3.91. The first kappa shape index (κ1) is 11.4. The van der Waals surface area contributed by atoms with E-state index in [4.69, 9.17) is 4.74 Å². The Bertz CT molecular complexity index is 210. The SMILES string of the molecule is CC(C)N1CCOC2(CCN(C)CC2)C1. The minimum atomic E-state index is 0.176. The predicted octanol–water partition coefficient (Wildman–Crippen LogP) is 1.19. The number of hydrogen-bond donors (Lipinski definition) is 0. The quantitative estimate of drug-likeness (QED) is 0.649. The van der Waals surface area contributed by atoms with Crippen LogP contribution in [0.1, 0.15) is 26.7 Å². The van der Waals surface area contributed by atoms with E-state index in [2.05, 4.69) is 30.7 Å². The molecular weight excluding hydrogens is 188 g/mol. The molecule has 0 aliphatic carbocycles. The Labute approximate surface area is 93.4 Å². The van der Waals surface area contributed by atoms with Gasteiger partial charge in [0.15, 0.2) is 0 Å². The van der Waals surface area contributed by atoms with Gasteiger partial charge in [0, 0.05) is 32.2 Å². The maximum Gasteiger partial charge on any atom is 0.0833 e. The Balaban J connectivity index is 1.96. The summed E-state index contributed by atoms with van der Waals surface area (Å²) < 4.78 is 6.07. The van der Waals surface area contributed by atoms with Crippen LogP contribution in [-0.2, 0) is 4.74 Å². The lowest BCUT2D eigenvalue weighted by atomic mass is 9.89. The molecule has 2 rings (SSSR count). The normalized spacial score (nSPS) is 28.8. The fourth-order valence-corrected chi connectivity index (χ4v) is 2.64. The molecule has 88 valence electrons. The smallest absolute Gasteiger partial charge is 0.0833 e. The van der Waals surface area contributed by atoms with Crippen molar-refractivity contribution in [2.45, 2.75) is 38.3 Å². The molecular formula is C12H24N2O. The van der Waals surface area contributed by atoms with Crippen molar-refractivity contribution >= 4 is 0 Å². The first-order valence-electron chi connectivity index (χ1n) is 6.18. The molecule has 0 bridgehead atoms. The second-order valence-electron chi connectivity index (χ2n) is 5.40. The summed E-state index contributed by atoms with van der Waals surface area (Å²) in [6.45, 7) is 10.1. The molecule has 0 amide bonds. The van der Waals surface area contributed by atoms with Crippen molar-refractivity contribution in [3.63, 3.8) is 0 Å². The molecule has 0 N–H and O–H groups in total. The summed E-state index contributed by atoms with van der Waals surface area (Å²) in [4.78, 5) is 4.97. The topological polar surface area (TPSA) is 15.7 Å². The number of hydrogen-bond acceptors (Lipinski definition) is 3. The van der Waals surface area contributed by atoms with E-state index in [0.29, 0.717) is 6.04 Å². The first-order chi connectivity index (χ1) is 7.11. The maximum absolute atomic E-state index is 6.07. The lowest BCUT2D eigenvalue weighted by Gasteiger charge is -2.47. The average Bonchev–Trinajstić information content (AvgIpc) is 2.23. The van der Waals surface area contributed by atoms with Gasteiger partial charge in [-0.05, 0) is 33.7 Å². The van der Waals surface area contributed by atoms with Crippen molar-refractivity contribution in [1.29, 1.82) is 0 Å². The van der Waals surface area contributed by atoms with E-state index in [1.165, 1.54) is 25.9 Å². The van der Waals surface area contributed by atoms with Gasteiger partial charge in [0.05, 0.1) is 12.2 Å². The summed E-state index contributed by atoms with van der Waals surface area (Å²) in [6.07, 6.45) is 2.40. The van der Waals surface area contributed by atoms with Gasteiger partial charge in [0.2, 0.25) is 0 Å². The third-order valence-corrected chi connectivity index (χ3v) is 3.91. The highest BCUT2D eigenvalue weighted by Gasteiger charge is 2.39. The number of piperidine rings is 1. The molecule has 1 spiro atoms. The third kappa shape index (κ3) is 2.52. The number of morpholine rings is 1. The monoisotopic (exact) mass is 212 g/mol. The standard InChI is InChI=1S/C12H24N2O/c1-11(2)14-8-9-15-12(10-14)4-6-13(3)7-5-12/h11H,4-10H2,1-3H3. The van der Waals surface area contributed by atoms with Gasteiger partial charge >= 0.3 is 0 Å². The van der Waals surface area contributed by atoms with Crippen LogP contribution in [0.5, 0.6) is 0 Å². The van der Waals surface area contributed by atoms with E-state index in [0.717, 1.165) is 19.7 Å². The van der Waals surface area contributed by atoms with Crippen molar-refractivity contribution in [2.75, 3.05) is 39.8 Å². The molecule has 0 radical (unpaired) electrons. The maximum atomic E-state index is 6.07. The van der Waals surface area contributed by atoms with Gasteiger partial charge in [-0.2, -0.15) is 0 Å². The fraction of sp³-hybridized carbons (Fsp3) is 1.00. The van der Waals surface area contributed by atoms with Crippen molar-refractivity contribution in [3.8, 4) is 0 Å². The molecule has 2 saturated heterocycles. The molecule has 2 aliphatic heterocycles. The van der Waals surface area contributed by atoms with Crippen LogP contribution >= 0.6 is 0 Å². The first-order valence-corrected chi connectivity index (χ1v) is 6.18. The van der Waals surface area contributed by atoms with Crippen molar-refractivity contribution in [3.05, 3.63) is 0 Å². The lowest BCUT2D eigenvalue weighted by Crippen LogP contribution is -2.57. The molecule has 0 saturated carbocycles. The predicted molar refractivity (Wildman–Crippen MR) is 62.1 cm³/mol. The number of likely N-dealkylation sites (tertiary alicyclic amines) is 1. The minimum absolute atomic E-state index is 0.176. The zero-order chi connectivity index (χ0) is 10.9. The van der Waals surface area contributed by atoms with Gasteiger partial charge in [-0.1, -0.05) is 0 Å². The summed E-state index contributed by atoms with van der Waals surface area (Å²) in [7, 11) is 2.20. The Morgan fingerprint density at radius 1 is 1.13 bits per heavy atom. The van der Waals surface area contributed by atoms with E-state index in [-0.39, 0.29) is 5.60 Å². The lowest BCUT2D eigenvalue weighted by molar-refractivity contribution is -0.139. The highest BCUT2D eigenvalue weighted by molar-refractivity contribution is 4.92. The average molecular weight is 212 g/mol. The molecule has 2 fully saturated rings. The molecule has 0 aromatic heterocycles. The van der Waals surface area contributed by atoms with Crippen LogP contribution in [0, 0.1) is 0 Å². The van der Waals surface area contributed by atoms with Gasteiger partial charge in [-0.25, -0.2) is 0 Å². The van der Waals surface area contributed by atoms with Gasteiger partial charge in [0.1, 0.15) is 0 Å². The molecule has 0 atom stereocenters. The summed E-state index contributed by atoms with van der Waals surface area (Å²) in [5, 5.41) is 0. The summed E-state index contributed by atoms with van der Waals surface area (Å²) in [6, 6.07) is 0.658. The van der Waals surface area contributed by atoms with E-state index in [1.807, 2.05) is 0 Å². The molecule has 3 nitrogen and oxygen atoms in total.